The molecule has 1 aliphatic rings. The third kappa shape index (κ3) is 5.05. The van der Waals surface area contributed by atoms with E-state index in [0.717, 1.165) is 26.2 Å². The van der Waals surface area contributed by atoms with E-state index in [4.69, 9.17) is 4.74 Å². The van der Waals surface area contributed by atoms with Crippen molar-refractivity contribution in [1.82, 2.24) is 0 Å². The molecule has 27 heavy (non-hydrogen) atoms. The zero-order valence-corrected chi connectivity index (χ0v) is 15.5. The first kappa shape index (κ1) is 19.3. The molecule has 1 saturated heterocycles. The molecule has 0 unspecified atom stereocenters. The van der Waals surface area contributed by atoms with Crippen molar-refractivity contribution < 1.29 is 23.9 Å². The van der Waals surface area contributed by atoms with Crippen molar-refractivity contribution in [2.45, 2.75) is 13.0 Å². The quantitative estimate of drug-likeness (QED) is 0.716. The van der Waals surface area contributed by atoms with Crippen molar-refractivity contribution in [2.24, 2.45) is 0 Å². The largest absolute Gasteiger partial charge is 0.490 e. The minimum atomic E-state index is -0.625. The predicted molar refractivity (Wildman–Crippen MR) is 102 cm³/mol. The highest BCUT2D eigenvalue weighted by atomic mass is 19.1. The van der Waals surface area contributed by atoms with Crippen molar-refractivity contribution in [3.8, 4) is 5.75 Å². The summed E-state index contributed by atoms with van der Waals surface area (Å²) in [6, 6.07) is 13.9. The molecule has 2 aromatic rings. The Hall–Kier alpha value is -2.44. The summed E-state index contributed by atoms with van der Waals surface area (Å²) >= 11 is 0. The lowest BCUT2D eigenvalue weighted by Crippen LogP contribution is -3.16. The minimum Gasteiger partial charge on any atom is -0.490 e. The number of aliphatic hydroxyl groups excluding tert-OH is 1. The number of anilines is 1. The molecule has 0 saturated carbocycles. The normalized spacial score (nSPS) is 16.2. The summed E-state index contributed by atoms with van der Waals surface area (Å²) in [6.07, 6.45) is -0.625. The summed E-state index contributed by atoms with van der Waals surface area (Å²) in [5, 5.41) is 10.3. The maximum absolute atomic E-state index is 13.9. The lowest BCUT2D eigenvalue weighted by molar-refractivity contribution is -0.903. The van der Waals surface area contributed by atoms with Crippen LogP contribution in [-0.2, 0) is 0 Å². The summed E-state index contributed by atoms with van der Waals surface area (Å²) in [5.74, 6) is 0.247. The molecule has 2 aromatic carbocycles. The van der Waals surface area contributed by atoms with Gasteiger partial charge in [0.25, 0.3) is 0 Å². The molecule has 1 fully saturated rings. The molecule has 0 spiro atoms. The monoisotopic (exact) mass is 373 g/mol. The van der Waals surface area contributed by atoms with E-state index in [2.05, 4.69) is 0 Å². The fourth-order valence-corrected chi connectivity index (χ4v) is 3.44. The topological polar surface area (TPSA) is 54.2 Å². The first-order valence-electron chi connectivity index (χ1n) is 9.28. The van der Waals surface area contributed by atoms with Crippen molar-refractivity contribution >= 4 is 11.5 Å². The highest BCUT2D eigenvalue weighted by Crippen LogP contribution is 2.19. The van der Waals surface area contributed by atoms with Crippen LogP contribution in [0.15, 0.2) is 48.5 Å². The van der Waals surface area contributed by atoms with Crippen molar-refractivity contribution in [2.75, 3.05) is 44.2 Å². The molecule has 5 nitrogen and oxygen atoms in total. The average Bonchev–Trinajstić information content (AvgIpc) is 2.68. The molecule has 3 rings (SSSR count). The number of carbonyl (C=O) groups excluding carboxylic acids is 1. The van der Waals surface area contributed by atoms with E-state index in [-0.39, 0.29) is 18.2 Å². The Morgan fingerprint density at radius 3 is 2.56 bits per heavy atom. The van der Waals surface area contributed by atoms with E-state index in [0.29, 0.717) is 23.5 Å². The van der Waals surface area contributed by atoms with Gasteiger partial charge in [-0.05, 0) is 31.2 Å². The Balaban J connectivity index is 1.47. The number of hydrogen-bond acceptors (Lipinski definition) is 4. The molecule has 0 bridgehead atoms. The summed E-state index contributed by atoms with van der Waals surface area (Å²) in [6.45, 7) is 5.36. The summed E-state index contributed by atoms with van der Waals surface area (Å²) in [7, 11) is 0. The van der Waals surface area contributed by atoms with Crippen LogP contribution in [0, 0.1) is 5.82 Å². The maximum atomic E-state index is 13.9. The van der Waals surface area contributed by atoms with E-state index in [9.17, 15) is 14.3 Å². The molecule has 0 amide bonds. The molecule has 6 heteroatoms. The van der Waals surface area contributed by atoms with E-state index in [1.54, 1.807) is 36.4 Å². The van der Waals surface area contributed by atoms with E-state index < -0.39 is 6.10 Å². The second-order valence-electron chi connectivity index (χ2n) is 6.91. The van der Waals surface area contributed by atoms with Crippen LogP contribution in [-0.4, -0.2) is 56.3 Å². The SMILES string of the molecule is CC(=O)c1ccccc1OC[C@H](O)C[NH+]1CCN(c2ccccc2F)CC1. The lowest BCUT2D eigenvalue weighted by Gasteiger charge is -2.34. The Morgan fingerprint density at radius 2 is 1.85 bits per heavy atom. The fraction of sp³-hybridized carbons (Fsp3) is 0.381. The van der Waals surface area contributed by atoms with Crippen LogP contribution in [0.2, 0.25) is 0 Å². The molecular formula is C21H26FN2O3+. The van der Waals surface area contributed by atoms with Crippen LogP contribution >= 0.6 is 0 Å². The molecule has 1 aliphatic heterocycles. The number of benzene rings is 2. The third-order valence-corrected chi connectivity index (χ3v) is 4.89. The van der Waals surface area contributed by atoms with Gasteiger partial charge in [0, 0.05) is 0 Å². The number of carbonyl (C=O) groups is 1. The molecule has 1 heterocycles. The fourth-order valence-electron chi connectivity index (χ4n) is 3.44. The van der Waals surface area contributed by atoms with E-state index >= 15 is 0 Å². The van der Waals surface area contributed by atoms with Crippen molar-refractivity contribution in [3.05, 3.63) is 59.9 Å². The summed E-state index contributed by atoms with van der Waals surface area (Å²) < 4.78 is 19.6. The summed E-state index contributed by atoms with van der Waals surface area (Å²) in [4.78, 5) is 14.9. The predicted octanol–water partition coefficient (Wildman–Crippen LogP) is 1.17. The number of rotatable bonds is 7. The summed E-state index contributed by atoms with van der Waals surface area (Å²) in [5.41, 5.74) is 1.16. The van der Waals surface area contributed by atoms with Gasteiger partial charge in [-0.1, -0.05) is 24.3 Å². The first-order valence-corrected chi connectivity index (χ1v) is 9.28. The average molecular weight is 373 g/mol. The van der Waals surface area contributed by atoms with Crippen LogP contribution in [0.3, 0.4) is 0 Å². The zero-order chi connectivity index (χ0) is 19.2. The van der Waals surface area contributed by atoms with Gasteiger partial charge < -0.3 is 19.6 Å². The van der Waals surface area contributed by atoms with Gasteiger partial charge in [0.1, 0.15) is 30.8 Å². The number of quaternary nitrogens is 1. The molecule has 0 radical (unpaired) electrons. The Morgan fingerprint density at radius 1 is 1.19 bits per heavy atom. The van der Waals surface area contributed by atoms with Gasteiger partial charge in [0.15, 0.2) is 5.78 Å². The van der Waals surface area contributed by atoms with Crippen LogP contribution in [0.1, 0.15) is 17.3 Å². The van der Waals surface area contributed by atoms with Crippen LogP contribution < -0.4 is 14.5 Å². The number of Topliss-reactive ketones (excluding diaryl/α,β-unsaturated/α-hetero) is 1. The number of para-hydroxylation sites is 2. The standard InChI is InChI=1S/C21H25FN2O3/c1-16(25)18-6-2-5-9-21(18)27-15-17(26)14-23-10-12-24(13-11-23)20-8-4-3-7-19(20)22/h2-9,17,26H,10-15H2,1H3/p+1/t17-/m1/s1. The Kier molecular flexibility index (Phi) is 6.42. The zero-order valence-electron chi connectivity index (χ0n) is 15.5. The number of piperazine rings is 1. The van der Waals surface area contributed by atoms with Crippen LogP contribution in [0.25, 0.3) is 0 Å². The minimum absolute atomic E-state index is 0.0602. The number of aliphatic hydroxyl groups is 1. The van der Waals surface area contributed by atoms with Gasteiger partial charge in [-0.25, -0.2) is 4.39 Å². The van der Waals surface area contributed by atoms with Gasteiger partial charge in [-0.2, -0.15) is 0 Å². The Labute approximate surface area is 159 Å². The first-order chi connectivity index (χ1) is 13.0. The highest BCUT2D eigenvalue weighted by Gasteiger charge is 2.24. The van der Waals surface area contributed by atoms with Gasteiger partial charge in [0.2, 0.25) is 0 Å². The van der Waals surface area contributed by atoms with Gasteiger partial charge in [-0.3, -0.25) is 4.79 Å². The van der Waals surface area contributed by atoms with Gasteiger partial charge in [-0.15, -0.1) is 0 Å². The highest BCUT2D eigenvalue weighted by molar-refractivity contribution is 5.96. The number of ketones is 1. The van der Waals surface area contributed by atoms with Gasteiger partial charge in [0.05, 0.1) is 37.4 Å². The van der Waals surface area contributed by atoms with Crippen LogP contribution in [0.4, 0.5) is 10.1 Å². The van der Waals surface area contributed by atoms with Crippen LogP contribution in [0.5, 0.6) is 5.75 Å². The van der Waals surface area contributed by atoms with E-state index in [1.165, 1.54) is 17.9 Å². The number of nitrogens with zero attached hydrogens (tertiary/aromatic N) is 1. The molecule has 0 aliphatic carbocycles. The smallest absolute Gasteiger partial charge is 0.163 e. The second-order valence-corrected chi connectivity index (χ2v) is 6.91. The Bertz CT molecular complexity index is 776. The molecular weight excluding hydrogens is 347 g/mol. The van der Waals surface area contributed by atoms with Crippen molar-refractivity contribution in [3.63, 3.8) is 0 Å². The maximum Gasteiger partial charge on any atom is 0.163 e. The lowest BCUT2D eigenvalue weighted by atomic mass is 10.1. The number of halogens is 1. The van der Waals surface area contributed by atoms with Gasteiger partial charge >= 0.3 is 0 Å². The number of hydrogen-bond donors (Lipinski definition) is 2. The molecule has 1 atom stereocenters. The van der Waals surface area contributed by atoms with E-state index in [1.807, 2.05) is 11.0 Å². The number of nitrogens with one attached hydrogen (secondary N) is 1. The second kappa shape index (κ2) is 8.97. The number of ether oxygens (including phenoxy) is 1. The van der Waals surface area contributed by atoms with Crippen molar-refractivity contribution in [1.29, 1.82) is 0 Å². The third-order valence-electron chi connectivity index (χ3n) is 4.89. The molecule has 0 aromatic heterocycles. The molecule has 2 N–H and O–H groups in total. The molecule has 144 valence electrons.